The molecule has 10 nitrogen and oxygen atoms in total. The van der Waals surface area contributed by atoms with E-state index in [2.05, 4.69) is 27.1 Å². The van der Waals surface area contributed by atoms with Gasteiger partial charge in [-0.25, -0.2) is 14.8 Å². The Hall–Kier alpha value is -3.56. The molecule has 1 fully saturated rings. The molecule has 2 aliphatic rings. The van der Waals surface area contributed by atoms with Crippen LogP contribution < -0.4 is 15.1 Å². The predicted octanol–water partition coefficient (Wildman–Crippen LogP) is 4.04. The van der Waals surface area contributed by atoms with Gasteiger partial charge >= 0.3 is 6.09 Å². The Kier molecular flexibility index (Phi) is 6.02. The van der Waals surface area contributed by atoms with Gasteiger partial charge in [-0.2, -0.15) is 0 Å². The van der Waals surface area contributed by atoms with Gasteiger partial charge in [0.25, 0.3) is 0 Å². The third kappa shape index (κ3) is 3.76. The van der Waals surface area contributed by atoms with Crippen LogP contribution in [0.25, 0.3) is 11.4 Å². The standard InChI is InChI=1S/C22H28N8O2/c1-4-17-19(24)29(13(2)23)18-12-26-20(28-21(18)30(17)14-7-5-6-8-14)15-9-10-25-11-16(15)27-22(31)32-3/h9-12,14,17,23-24H,4-8H2,1-3H3,(H,27,31)/t17-/m1/s1. The minimum absolute atomic E-state index is 0.168. The Morgan fingerprint density at radius 1 is 1.31 bits per heavy atom. The lowest BCUT2D eigenvalue weighted by molar-refractivity contribution is 0.187. The van der Waals surface area contributed by atoms with Crippen molar-refractivity contribution in [1.29, 1.82) is 10.8 Å². The van der Waals surface area contributed by atoms with Crippen LogP contribution in [-0.2, 0) is 4.74 Å². The van der Waals surface area contributed by atoms with Crippen LogP contribution in [0.3, 0.4) is 0 Å². The average molecular weight is 437 g/mol. The topological polar surface area (TPSA) is 131 Å². The molecule has 0 aromatic carbocycles. The minimum atomic E-state index is -0.602. The van der Waals surface area contributed by atoms with Crippen molar-refractivity contribution < 1.29 is 9.53 Å². The van der Waals surface area contributed by atoms with E-state index in [1.807, 2.05) is 0 Å². The molecule has 32 heavy (non-hydrogen) atoms. The molecule has 2 aromatic rings. The van der Waals surface area contributed by atoms with E-state index in [1.54, 1.807) is 30.3 Å². The lowest BCUT2D eigenvalue weighted by atomic mass is 10.0. The molecule has 0 radical (unpaired) electrons. The van der Waals surface area contributed by atoms with E-state index in [-0.39, 0.29) is 11.9 Å². The molecule has 4 rings (SSSR count). The Balaban J connectivity index is 1.86. The van der Waals surface area contributed by atoms with Crippen molar-refractivity contribution >= 4 is 35.0 Å². The smallest absolute Gasteiger partial charge is 0.411 e. The van der Waals surface area contributed by atoms with Gasteiger partial charge in [0.2, 0.25) is 0 Å². The number of methoxy groups -OCH3 is 1. The molecule has 1 aliphatic heterocycles. The van der Waals surface area contributed by atoms with Gasteiger partial charge in [-0.1, -0.05) is 19.8 Å². The number of anilines is 3. The maximum Gasteiger partial charge on any atom is 0.411 e. The second-order valence-corrected chi connectivity index (χ2v) is 8.02. The first-order chi connectivity index (χ1) is 15.5. The van der Waals surface area contributed by atoms with Crippen LogP contribution in [-0.4, -0.2) is 51.9 Å². The summed E-state index contributed by atoms with van der Waals surface area (Å²) in [7, 11) is 1.30. The van der Waals surface area contributed by atoms with Crippen molar-refractivity contribution in [2.75, 3.05) is 22.2 Å². The molecule has 0 spiro atoms. The highest BCUT2D eigenvalue weighted by Gasteiger charge is 2.41. The van der Waals surface area contributed by atoms with Crippen LogP contribution in [0, 0.1) is 10.8 Å². The highest BCUT2D eigenvalue weighted by molar-refractivity contribution is 6.22. The highest BCUT2D eigenvalue weighted by atomic mass is 16.5. The van der Waals surface area contributed by atoms with Crippen LogP contribution in [0.1, 0.15) is 46.0 Å². The molecule has 2 aromatic heterocycles. The maximum atomic E-state index is 11.8. The zero-order valence-electron chi connectivity index (χ0n) is 18.6. The molecular weight excluding hydrogens is 408 g/mol. The number of nitrogens with one attached hydrogen (secondary N) is 3. The molecule has 10 heteroatoms. The molecule has 0 saturated heterocycles. The van der Waals surface area contributed by atoms with E-state index >= 15 is 0 Å². The van der Waals surface area contributed by atoms with Gasteiger partial charge in [0.05, 0.1) is 31.2 Å². The third-order valence-corrected chi connectivity index (χ3v) is 6.05. The molecule has 1 atom stereocenters. The number of fused-ring (bicyclic) bond motifs is 1. The summed E-state index contributed by atoms with van der Waals surface area (Å²) in [6, 6.07) is 1.87. The van der Waals surface area contributed by atoms with Gasteiger partial charge in [0.15, 0.2) is 11.6 Å². The summed E-state index contributed by atoms with van der Waals surface area (Å²) < 4.78 is 4.72. The fourth-order valence-electron chi connectivity index (χ4n) is 4.61. The number of amides is 1. The summed E-state index contributed by atoms with van der Waals surface area (Å²) in [4.78, 5) is 29.2. The third-order valence-electron chi connectivity index (χ3n) is 6.05. The number of hydrogen-bond donors (Lipinski definition) is 3. The summed E-state index contributed by atoms with van der Waals surface area (Å²) in [5.41, 5.74) is 1.70. The number of ether oxygens (including phenoxy) is 1. The molecule has 1 amide bonds. The van der Waals surface area contributed by atoms with Crippen LogP contribution in [0.5, 0.6) is 0 Å². The largest absolute Gasteiger partial charge is 0.453 e. The maximum absolute atomic E-state index is 11.8. The van der Waals surface area contributed by atoms with Gasteiger partial charge in [-0.3, -0.25) is 26.0 Å². The average Bonchev–Trinajstić information content (AvgIpc) is 3.32. The zero-order chi connectivity index (χ0) is 22.8. The monoisotopic (exact) mass is 436 g/mol. The van der Waals surface area contributed by atoms with Crippen molar-refractivity contribution in [1.82, 2.24) is 15.0 Å². The summed E-state index contributed by atoms with van der Waals surface area (Å²) in [5.74, 6) is 1.80. The lowest BCUT2D eigenvalue weighted by Crippen LogP contribution is -2.57. The Morgan fingerprint density at radius 2 is 2.06 bits per heavy atom. The van der Waals surface area contributed by atoms with E-state index in [0.29, 0.717) is 34.6 Å². The minimum Gasteiger partial charge on any atom is -0.453 e. The number of hydrogen-bond acceptors (Lipinski definition) is 8. The van der Waals surface area contributed by atoms with Crippen molar-refractivity contribution in [3.05, 3.63) is 24.7 Å². The van der Waals surface area contributed by atoms with E-state index < -0.39 is 6.09 Å². The molecule has 1 aliphatic carbocycles. The van der Waals surface area contributed by atoms with Crippen LogP contribution in [0.15, 0.2) is 24.7 Å². The van der Waals surface area contributed by atoms with Gasteiger partial charge in [0.1, 0.15) is 17.4 Å². The van der Waals surface area contributed by atoms with Gasteiger partial charge < -0.3 is 9.64 Å². The molecule has 0 unspecified atom stereocenters. The second kappa shape index (κ2) is 8.89. The van der Waals surface area contributed by atoms with Gasteiger partial charge in [-0.15, -0.1) is 0 Å². The molecule has 3 heterocycles. The van der Waals surface area contributed by atoms with Crippen LogP contribution in [0.4, 0.5) is 22.0 Å². The molecule has 1 saturated carbocycles. The number of amidine groups is 2. The molecular formula is C22H28N8O2. The first-order valence-electron chi connectivity index (χ1n) is 10.8. The summed E-state index contributed by atoms with van der Waals surface area (Å²) in [6.45, 7) is 3.73. The van der Waals surface area contributed by atoms with E-state index in [0.717, 1.165) is 37.9 Å². The summed E-state index contributed by atoms with van der Waals surface area (Å²) in [6.07, 6.45) is 9.37. The van der Waals surface area contributed by atoms with Gasteiger partial charge in [-0.05, 0) is 32.3 Å². The van der Waals surface area contributed by atoms with Crippen LogP contribution >= 0.6 is 0 Å². The van der Waals surface area contributed by atoms with E-state index in [9.17, 15) is 4.79 Å². The summed E-state index contributed by atoms with van der Waals surface area (Å²) >= 11 is 0. The first kappa shape index (κ1) is 21.7. The summed E-state index contributed by atoms with van der Waals surface area (Å²) in [5, 5.41) is 19.8. The van der Waals surface area contributed by atoms with Crippen molar-refractivity contribution in [3.63, 3.8) is 0 Å². The lowest BCUT2D eigenvalue weighted by Gasteiger charge is -2.46. The highest BCUT2D eigenvalue weighted by Crippen LogP contribution is 2.41. The molecule has 0 bridgehead atoms. The number of carbonyl (C=O) groups excluding carboxylic acids is 1. The fourth-order valence-corrected chi connectivity index (χ4v) is 4.61. The Labute approximate surface area is 187 Å². The number of nitrogens with zero attached hydrogens (tertiary/aromatic N) is 5. The normalized spacial score (nSPS) is 18.5. The molecule has 3 N–H and O–H groups in total. The number of carbonyl (C=O) groups is 1. The van der Waals surface area contributed by atoms with Crippen molar-refractivity contribution in [3.8, 4) is 11.4 Å². The molecule has 168 valence electrons. The number of rotatable bonds is 4. The number of pyridine rings is 1. The van der Waals surface area contributed by atoms with E-state index in [4.69, 9.17) is 20.5 Å². The van der Waals surface area contributed by atoms with Crippen molar-refractivity contribution in [2.45, 2.75) is 58.0 Å². The van der Waals surface area contributed by atoms with Crippen molar-refractivity contribution in [2.24, 2.45) is 0 Å². The van der Waals surface area contributed by atoms with E-state index in [1.165, 1.54) is 13.3 Å². The zero-order valence-corrected chi connectivity index (χ0v) is 18.6. The Bertz CT molecular complexity index is 1050. The predicted molar refractivity (Wildman–Crippen MR) is 124 cm³/mol. The fraction of sp³-hybridized carbons (Fsp3) is 0.455. The SMILES string of the molecule is CC[C@@H]1C(=N)N(C(C)=N)c2cnc(-c3ccncc3NC(=O)OC)nc2N1C1CCCC1. The van der Waals surface area contributed by atoms with Gasteiger partial charge in [0, 0.05) is 17.8 Å². The second-order valence-electron chi connectivity index (χ2n) is 8.02. The number of aromatic nitrogens is 3. The van der Waals surface area contributed by atoms with Crippen LogP contribution in [0.2, 0.25) is 0 Å². The first-order valence-corrected chi connectivity index (χ1v) is 10.8. The Morgan fingerprint density at radius 3 is 2.72 bits per heavy atom. The quantitative estimate of drug-likeness (QED) is 0.487.